The number of hydrogen-bond donors (Lipinski definition) is 2. The number of hydrogen-bond acceptors (Lipinski definition) is 9. The van der Waals surface area contributed by atoms with Crippen LogP contribution < -0.4 is 19.5 Å². The van der Waals surface area contributed by atoms with E-state index in [0.717, 1.165) is 17.5 Å². The molecule has 0 radical (unpaired) electrons. The molecule has 0 unspecified atom stereocenters. The first-order chi connectivity index (χ1) is 17.7. The minimum Gasteiger partial charge on any atom is -0.496 e. The number of carbonyl (C=O) groups is 3. The quantitative estimate of drug-likeness (QED) is 0.379. The van der Waals surface area contributed by atoms with E-state index < -0.39 is 22.1 Å². The molecule has 0 spiro atoms. The lowest BCUT2D eigenvalue weighted by Gasteiger charge is -2.10. The lowest BCUT2D eigenvalue weighted by molar-refractivity contribution is 0.0950. The molecule has 0 aliphatic carbocycles. The Balaban J connectivity index is 1.57. The number of ether oxygens (including phenoxy) is 3. The first kappa shape index (κ1) is 27.1. The monoisotopic (exact) mass is 527 g/mol. The average Bonchev–Trinajstić information content (AvgIpc) is 2.89. The first-order valence-electron chi connectivity index (χ1n) is 11.1. The fraction of sp³-hybridized carbons (Fsp3) is 0.200. The predicted octanol–water partition coefficient (Wildman–Crippen LogP) is 2.72. The average molecular weight is 528 g/mol. The summed E-state index contributed by atoms with van der Waals surface area (Å²) in [5.41, 5.74) is 1.12. The normalized spacial score (nSPS) is 10.8. The van der Waals surface area contributed by atoms with Crippen LogP contribution in [-0.4, -0.2) is 51.6 Å². The molecule has 0 fully saturated rings. The Kier molecular flexibility index (Phi) is 9.16. The van der Waals surface area contributed by atoms with Crippen LogP contribution >= 0.6 is 0 Å². The van der Waals surface area contributed by atoms with Crippen molar-refractivity contribution in [1.82, 2.24) is 15.0 Å². The maximum Gasteiger partial charge on any atom is 0.515 e. The van der Waals surface area contributed by atoms with E-state index in [1.165, 1.54) is 36.4 Å². The van der Waals surface area contributed by atoms with E-state index in [1.54, 1.807) is 14.0 Å². The molecule has 1 aromatic heterocycles. The lowest BCUT2D eigenvalue weighted by Crippen LogP contribution is -2.31. The maximum atomic E-state index is 12.6. The molecule has 0 saturated heterocycles. The van der Waals surface area contributed by atoms with Crippen LogP contribution in [0.25, 0.3) is 0 Å². The zero-order valence-corrected chi connectivity index (χ0v) is 20.9. The number of benzene rings is 2. The number of rotatable bonds is 10. The Morgan fingerprint density at radius 3 is 2.27 bits per heavy atom. The van der Waals surface area contributed by atoms with E-state index in [4.69, 9.17) is 9.47 Å². The van der Waals surface area contributed by atoms with Gasteiger partial charge in [0.05, 0.1) is 24.2 Å². The number of nitrogens with one attached hydrogen (secondary N) is 2. The van der Waals surface area contributed by atoms with E-state index in [0.29, 0.717) is 13.0 Å². The molecule has 3 aromatic rings. The van der Waals surface area contributed by atoms with Gasteiger partial charge in [-0.15, -0.1) is 0 Å². The minimum atomic E-state index is -4.23. The SMILES string of the molecule is CCOC(=O)Oc1ccc(C(=O)NS(=O)(=O)c2ccc(C(=O)NCCc3ccccc3OC)cc2)cn1. The molecule has 12 heteroatoms. The summed E-state index contributed by atoms with van der Waals surface area (Å²) in [4.78, 5) is 39.7. The van der Waals surface area contributed by atoms with Crippen LogP contribution in [0.1, 0.15) is 33.2 Å². The lowest BCUT2D eigenvalue weighted by atomic mass is 10.1. The number of sulfonamides is 1. The Labute approximate surface area is 213 Å². The molecule has 3 rings (SSSR count). The fourth-order valence-corrected chi connectivity index (χ4v) is 4.13. The van der Waals surface area contributed by atoms with Gasteiger partial charge in [-0.1, -0.05) is 18.2 Å². The summed E-state index contributed by atoms with van der Waals surface area (Å²) < 4.78 is 41.9. The van der Waals surface area contributed by atoms with Gasteiger partial charge < -0.3 is 19.5 Å². The van der Waals surface area contributed by atoms with Crippen LogP contribution in [0, 0.1) is 0 Å². The molecular weight excluding hydrogens is 502 g/mol. The molecule has 1 heterocycles. The molecule has 2 aromatic carbocycles. The van der Waals surface area contributed by atoms with Crippen LogP contribution in [0.15, 0.2) is 71.8 Å². The minimum absolute atomic E-state index is 0.0779. The second-order valence-corrected chi connectivity index (χ2v) is 9.13. The number of aromatic nitrogens is 1. The number of methoxy groups -OCH3 is 1. The molecule has 0 atom stereocenters. The molecule has 11 nitrogen and oxygen atoms in total. The summed E-state index contributed by atoms with van der Waals surface area (Å²) in [6.07, 6.45) is 0.653. The molecule has 2 N–H and O–H groups in total. The van der Waals surface area contributed by atoms with Crippen molar-refractivity contribution in [3.05, 3.63) is 83.6 Å². The van der Waals surface area contributed by atoms with Gasteiger partial charge in [-0.3, -0.25) is 9.59 Å². The largest absolute Gasteiger partial charge is 0.515 e. The summed E-state index contributed by atoms with van der Waals surface area (Å²) in [5, 5.41) is 2.77. The van der Waals surface area contributed by atoms with Crippen molar-refractivity contribution in [2.45, 2.75) is 18.2 Å². The van der Waals surface area contributed by atoms with Crippen molar-refractivity contribution in [2.24, 2.45) is 0 Å². The van der Waals surface area contributed by atoms with Crippen LogP contribution in [0.2, 0.25) is 0 Å². The summed E-state index contributed by atoms with van der Waals surface area (Å²) in [6.45, 7) is 2.08. The summed E-state index contributed by atoms with van der Waals surface area (Å²) in [5.74, 6) is -0.702. The van der Waals surface area contributed by atoms with Crippen molar-refractivity contribution in [3.8, 4) is 11.6 Å². The number of amides is 2. The second kappa shape index (κ2) is 12.5. The fourth-order valence-electron chi connectivity index (χ4n) is 3.16. The van der Waals surface area contributed by atoms with Gasteiger partial charge in [0, 0.05) is 24.4 Å². The molecule has 0 aliphatic heterocycles. The Morgan fingerprint density at radius 2 is 1.62 bits per heavy atom. The first-order valence-corrected chi connectivity index (χ1v) is 12.6. The highest BCUT2D eigenvalue weighted by molar-refractivity contribution is 7.90. The van der Waals surface area contributed by atoms with Crippen molar-refractivity contribution >= 4 is 28.0 Å². The van der Waals surface area contributed by atoms with Gasteiger partial charge in [0.15, 0.2) is 0 Å². The van der Waals surface area contributed by atoms with E-state index in [-0.39, 0.29) is 34.4 Å². The third kappa shape index (κ3) is 7.51. The van der Waals surface area contributed by atoms with Crippen LogP contribution in [-0.2, 0) is 21.2 Å². The van der Waals surface area contributed by atoms with Gasteiger partial charge in [-0.05, 0) is 55.3 Å². The number of para-hydroxylation sites is 1. The summed E-state index contributed by atoms with van der Waals surface area (Å²) in [7, 11) is -2.65. The highest BCUT2D eigenvalue weighted by Crippen LogP contribution is 2.17. The van der Waals surface area contributed by atoms with E-state index >= 15 is 0 Å². The topological polar surface area (TPSA) is 150 Å². The molecule has 37 heavy (non-hydrogen) atoms. The number of pyridine rings is 1. The molecule has 0 bridgehead atoms. The molecule has 0 aliphatic rings. The van der Waals surface area contributed by atoms with Crippen molar-refractivity contribution in [2.75, 3.05) is 20.3 Å². The van der Waals surface area contributed by atoms with Crippen LogP contribution in [0.5, 0.6) is 11.6 Å². The number of nitrogens with zero attached hydrogens (tertiary/aromatic N) is 1. The van der Waals surface area contributed by atoms with Gasteiger partial charge in [-0.25, -0.2) is 22.9 Å². The second-order valence-electron chi connectivity index (χ2n) is 7.45. The maximum absolute atomic E-state index is 12.6. The summed E-state index contributed by atoms with van der Waals surface area (Å²) >= 11 is 0. The van der Waals surface area contributed by atoms with Crippen LogP contribution in [0.3, 0.4) is 0 Å². The van der Waals surface area contributed by atoms with Crippen molar-refractivity contribution < 1.29 is 37.0 Å². The van der Waals surface area contributed by atoms with Gasteiger partial charge in [0.1, 0.15) is 5.75 Å². The Morgan fingerprint density at radius 1 is 0.919 bits per heavy atom. The standard InChI is InChI=1S/C25H25N3O8S/c1-3-35-25(31)36-22-13-10-19(16-27-22)24(30)28-37(32,33)20-11-8-18(9-12-20)23(29)26-15-14-17-6-4-5-7-21(17)34-2/h4-13,16H,3,14-15H2,1-2H3,(H,26,29)(H,28,30). The number of carbonyl (C=O) groups excluding carboxylic acids is 3. The molecule has 0 saturated carbocycles. The third-order valence-corrected chi connectivity index (χ3v) is 6.32. The van der Waals surface area contributed by atoms with E-state index in [9.17, 15) is 22.8 Å². The van der Waals surface area contributed by atoms with Gasteiger partial charge >= 0.3 is 6.16 Å². The molecule has 2 amide bonds. The van der Waals surface area contributed by atoms with Crippen molar-refractivity contribution in [1.29, 1.82) is 0 Å². The van der Waals surface area contributed by atoms with Gasteiger partial charge in [-0.2, -0.15) is 0 Å². The Bertz CT molecular complexity index is 1360. The summed E-state index contributed by atoms with van der Waals surface area (Å²) in [6, 6.07) is 15.1. The third-order valence-electron chi connectivity index (χ3n) is 4.97. The highest BCUT2D eigenvalue weighted by Gasteiger charge is 2.20. The highest BCUT2D eigenvalue weighted by atomic mass is 32.2. The van der Waals surface area contributed by atoms with Crippen molar-refractivity contribution in [3.63, 3.8) is 0 Å². The molecular formula is C25H25N3O8S. The van der Waals surface area contributed by atoms with E-state index in [2.05, 4.69) is 15.0 Å². The van der Waals surface area contributed by atoms with Crippen LogP contribution in [0.4, 0.5) is 4.79 Å². The zero-order valence-electron chi connectivity index (χ0n) is 20.1. The zero-order chi connectivity index (χ0) is 26.8. The smallest absolute Gasteiger partial charge is 0.496 e. The van der Waals surface area contributed by atoms with E-state index in [1.807, 2.05) is 29.0 Å². The van der Waals surface area contributed by atoms with Gasteiger partial charge in [0.25, 0.3) is 21.8 Å². The molecule has 194 valence electrons. The van der Waals surface area contributed by atoms with Gasteiger partial charge in [0.2, 0.25) is 5.88 Å². The Hall–Kier alpha value is -4.45. The predicted molar refractivity (Wildman–Crippen MR) is 132 cm³/mol.